The molecular weight excluding hydrogens is 609 g/mol. The summed E-state index contributed by atoms with van der Waals surface area (Å²) in [7, 11) is 0. The topological polar surface area (TPSA) is 146 Å². The maximum absolute atomic E-state index is 13.5. The van der Waals surface area contributed by atoms with E-state index in [0.29, 0.717) is 22.1 Å². The molecule has 0 unspecified atom stereocenters. The average Bonchev–Trinajstić information content (AvgIpc) is 3.53. The van der Waals surface area contributed by atoms with Gasteiger partial charge < -0.3 is 11.1 Å². The van der Waals surface area contributed by atoms with Crippen molar-refractivity contribution in [3.8, 4) is 17.2 Å². The molecule has 0 radical (unpaired) electrons. The molecule has 196 valence electrons. The molecule has 3 aromatic heterocycles. The van der Waals surface area contributed by atoms with Crippen LogP contribution in [0.5, 0.6) is 0 Å². The minimum absolute atomic E-state index is 0.0712. The summed E-state index contributed by atoms with van der Waals surface area (Å²) in [6, 6.07) is 15.4. The first kappa shape index (κ1) is 26.5. The zero-order valence-electron chi connectivity index (χ0n) is 20.1. The van der Waals surface area contributed by atoms with Crippen molar-refractivity contribution in [2.75, 3.05) is 5.32 Å². The third kappa shape index (κ3) is 5.53. The van der Waals surface area contributed by atoms with Crippen molar-refractivity contribution in [2.24, 2.45) is 5.73 Å². The highest BCUT2D eigenvalue weighted by atomic mass is 79.9. The van der Waals surface area contributed by atoms with Gasteiger partial charge in [0.15, 0.2) is 5.82 Å². The summed E-state index contributed by atoms with van der Waals surface area (Å²) in [6.07, 6.45) is 1.53. The number of nitrogens with one attached hydrogen (secondary N) is 1. The molecule has 0 spiro atoms. The first-order valence-corrected chi connectivity index (χ1v) is 12.9. The molecule has 0 saturated carbocycles. The van der Waals surface area contributed by atoms with Gasteiger partial charge in [-0.2, -0.15) is 9.90 Å². The summed E-state index contributed by atoms with van der Waals surface area (Å²) in [4.78, 5) is 31.2. The van der Waals surface area contributed by atoms with Crippen LogP contribution in [0.2, 0.25) is 10.0 Å². The summed E-state index contributed by atoms with van der Waals surface area (Å²) in [5.41, 5.74) is 7.69. The number of amides is 2. The fraction of sp³-hybridized carbons (Fsp3) is 0.0800. The molecule has 2 aromatic carbocycles. The van der Waals surface area contributed by atoms with Crippen molar-refractivity contribution in [2.45, 2.75) is 13.5 Å². The van der Waals surface area contributed by atoms with Crippen molar-refractivity contribution in [1.29, 1.82) is 0 Å². The van der Waals surface area contributed by atoms with Gasteiger partial charge in [-0.1, -0.05) is 51.3 Å². The van der Waals surface area contributed by atoms with Gasteiger partial charge in [0.05, 0.1) is 22.0 Å². The third-order valence-electron chi connectivity index (χ3n) is 5.61. The average molecular weight is 627 g/mol. The van der Waals surface area contributed by atoms with E-state index in [-0.39, 0.29) is 34.3 Å². The largest absolute Gasteiger partial charge is 0.366 e. The maximum Gasteiger partial charge on any atom is 0.274 e. The van der Waals surface area contributed by atoms with Crippen LogP contribution in [0, 0.1) is 6.92 Å². The van der Waals surface area contributed by atoms with Gasteiger partial charge >= 0.3 is 0 Å². The predicted molar refractivity (Wildman–Crippen MR) is 149 cm³/mol. The summed E-state index contributed by atoms with van der Waals surface area (Å²) in [5, 5.41) is 20.6. The molecule has 2 amide bonds. The standard InChI is InChI=1S/C25H18BrCl2N9O2/c1-13-9-14(27)10-17(22(29)38)21(13)31-25(39)20-11-15(33-37(20)24-19(28)7-4-8-30-24)12-36-34-23(32-35-36)16-5-2-3-6-18(16)26/h2-11H,12H2,1H3,(H2,29,38)(H,31,39). The van der Waals surface area contributed by atoms with Gasteiger partial charge in [0.2, 0.25) is 5.82 Å². The number of tetrazole rings is 1. The number of benzene rings is 2. The molecule has 5 rings (SSSR count). The second-order valence-corrected chi connectivity index (χ2v) is 10.0. The number of aryl methyl sites for hydroxylation is 1. The number of anilines is 1. The number of primary amides is 1. The van der Waals surface area contributed by atoms with E-state index in [4.69, 9.17) is 28.9 Å². The maximum atomic E-state index is 13.5. The second-order valence-electron chi connectivity index (χ2n) is 8.33. The van der Waals surface area contributed by atoms with E-state index in [2.05, 4.69) is 46.7 Å². The van der Waals surface area contributed by atoms with E-state index in [0.717, 1.165) is 10.0 Å². The van der Waals surface area contributed by atoms with Gasteiger partial charge in [-0.05, 0) is 60.2 Å². The Balaban J connectivity index is 1.52. The summed E-state index contributed by atoms with van der Waals surface area (Å²) >= 11 is 16.0. The minimum Gasteiger partial charge on any atom is -0.366 e. The third-order valence-corrected chi connectivity index (χ3v) is 6.81. The predicted octanol–water partition coefficient (Wildman–Crippen LogP) is 4.70. The molecule has 0 bridgehead atoms. The van der Waals surface area contributed by atoms with E-state index >= 15 is 0 Å². The van der Waals surface area contributed by atoms with Crippen molar-refractivity contribution in [3.05, 3.63) is 97.8 Å². The Morgan fingerprint density at radius 1 is 1.08 bits per heavy atom. The highest BCUT2D eigenvalue weighted by Crippen LogP contribution is 2.27. The SMILES string of the molecule is Cc1cc(Cl)cc(C(N)=O)c1NC(=O)c1cc(Cn2nnc(-c3ccccc3Br)n2)nn1-c1ncccc1Cl. The quantitative estimate of drug-likeness (QED) is 0.266. The zero-order valence-corrected chi connectivity index (χ0v) is 23.2. The van der Waals surface area contributed by atoms with E-state index in [1.165, 1.54) is 21.7 Å². The Hall–Kier alpha value is -4.13. The normalized spacial score (nSPS) is 11.0. The Labute approximate surface area is 240 Å². The molecule has 0 aliphatic carbocycles. The van der Waals surface area contributed by atoms with Crippen LogP contribution in [0.25, 0.3) is 17.2 Å². The summed E-state index contributed by atoms with van der Waals surface area (Å²) in [6.45, 7) is 1.80. The van der Waals surface area contributed by atoms with Gasteiger partial charge in [0.25, 0.3) is 11.8 Å². The highest BCUT2D eigenvalue weighted by molar-refractivity contribution is 9.10. The van der Waals surface area contributed by atoms with E-state index < -0.39 is 11.8 Å². The fourth-order valence-corrected chi connectivity index (χ4v) is 4.79. The molecule has 0 aliphatic heterocycles. The number of rotatable bonds is 7. The molecular formula is C25H18BrCl2N9O2. The van der Waals surface area contributed by atoms with Crippen LogP contribution in [0.15, 0.2) is 65.3 Å². The lowest BCUT2D eigenvalue weighted by Crippen LogP contribution is -2.21. The number of nitrogens with two attached hydrogens (primary N) is 1. The number of carbonyl (C=O) groups excluding carboxylic acids is 2. The number of hydrogen-bond donors (Lipinski definition) is 2. The Morgan fingerprint density at radius 2 is 1.87 bits per heavy atom. The molecule has 14 heteroatoms. The molecule has 11 nitrogen and oxygen atoms in total. The lowest BCUT2D eigenvalue weighted by Gasteiger charge is -2.13. The fourth-order valence-electron chi connectivity index (χ4n) is 3.85. The highest BCUT2D eigenvalue weighted by Gasteiger charge is 2.23. The van der Waals surface area contributed by atoms with Crippen molar-refractivity contribution in [3.63, 3.8) is 0 Å². The molecule has 0 saturated heterocycles. The van der Waals surface area contributed by atoms with Gasteiger partial charge in [0, 0.05) is 21.3 Å². The van der Waals surface area contributed by atoms with Crippen LogP contribution in [-0.2, 0) is 6.54 Å². The van der Waals surface area contributed by atoms with Gasteiger partial charge in [-0.25, -0.2) is 9.67 Å². The summed E-state index contributed by atoms with van der Waals surface area (Å²) in [5.74, 6) is -0.663. The molecule has 0 fully saturated rings. The number of halogens is 3. The second kappa shape index (κ2) is 10.9. The number of nitrogens with zero attached hydrogens (tertiary/aromatic N) is 7. The van der Waals surface area contributed by atoms with Crippen LogP contribution < -0.4 is 11.1 Å². The van der Waals surface area contributed by atoms with Crippen LogP contribution in [0.3, 0.4) is 0 Å². The summed E-state index contributed by atoms with van der Waals surface area (Å²) < 4.78 is 2.14. The number of pyridine rings is 1. The first-order valence-electron chi connectivity index (χ1n) is 11.3. The molecule has 3 heterocycles. The Kier molecular flexibility index (Phi) is 7.42. The Bertz CT molecular complexity index is 1730. The van der Waals surface area contributed by atoms with Crippen molar-refractivity contribution in [1.82, 2.24) is 35.0 Å². The molecule has 39 heavy (non-hydrogen) atoms. The Morgan fingerprint density at radius 3 is 2.62 bits per heavy atom. The smallest absolute Gasteiger partial charge is 0.274 e. The lowest BCUT2D eigenvalue weighted by atomic mass is 10.1. The van der Waals surface area contributed by atoms with Crippen LogP contribution in [-0.4, -0.2) is 46.8 Å². The van der Waals surface area contributed by atoms with Crippen molar-refractivity contribution >= 4 is 56.6 Å². The van der Waals surface area contributed by atoms with Crippen LogP contribution in [0.4, 0.5) is 5.69 Å². The molecule has 3 N–H and O–H groups in total. The van der Waals surface area contributed by atoms with E-state index in [9.17, 15) is 9.59 Å². The van der Waals surface area contributed by atoms with Gasteiger partial charge in [-0.3, -0.25) is 9.59 Å². The number of hydrogen-bond acceptors (Lipinski definition) is 7. The monoisotopic (exact) mass is 625 g/mol. The van der Waals surface area contributed by atoms with Gasteiger partial charge in [-0.15, -0.1) is 10.2 Å². The van der Waals surface area contributed by atoms with Crippen LogP contribution in [0.1, 0.15) is 32.1 Å². The van der Waals surface area contributed by atoms with Gasteiger partial charge in [0.1, 0.15) is 12.2 Å². The van der Waals surface area contributed by atoms with E-state index in [1.807, 2.05) is 24.3 Å². The first-order chi connectivity index (χ1) is 18.7. The molecule has 0 aliphatic rings. The van der Waals surface area contributed by atoms with Crippen molar-refractivity contribution < 1.29 is 9.59 Å². The number of carbonyl (C=O) groups is 2. The number of aromatic nitrogens is 7. The van der Waals surface area contributed by atoms with Crippen LogP contribution >= 0.6 is 39.1 Å². The zero-order chi connectivity index (χ0) is 27.7. The molecule has 0 atom stereocenters. The lowest BCUT2D eigenvalue weighted by molar-refractivity contribution is 0.100. The molecule has 5 aromatic rings. The van der Waals surface area contributed by atoms with E-state index in [1.54, 1.807) is 31.2 Å². The minimum atomic E-state index is -0.740.